The molecule has 1 saturated carbocycles. The van der Waals surface area contributed by atoms with Crippen molar-refractivity contribution < 1.29 is 9.63 Å². The largest absolute Gasteiger partial charge is 0.390 e. The van der Waals surface area contributed by atoms with E-state index in [9.17, 15) is 5.11 Å². The van der Waals surface area contributed by atoms with Gasteiger partial charge in [-0.2, -0.15) is 4.98 Å². The fraction of sp³-hybridized carbons (Fsp3) is 0.522. The van der Waals surface area contributed by atoms with Crippen LogP contribution in [0.15, 0.2) is 28.8 Å². The first-order valence-corrected chi connectivity index (χ1v) is 11.0. The van der Waals surface area contributed by atoms with Crippen LogP contribution in [0.5, 0.6) is 0 Å². The number of hydrogen-bond acceptors (Lipinski definition) is 7. The topological polar surface area (TPSA) is 87.3 Å². The van der Waals surface area contributed by atoms with Crippen molar-refractivity contribution in [2.75, 3.05) is 18.0 Å². The van der Waals surface area contributed by atoms with Gasteiger partial charge in [0.05, 0.1) is 17.2 Å². The Balaban J connectivity index is 1.46. The number of pyridine rings is 1. The number of β-amino-alcohol motifs (C(OH)–C–C–N with tert-alkyl or cyclic N) is 1. The quantitative estimate of drug-likeness (QED) is 0.685. The summed E-state index contributed by atoms with van der Waals surface area (Å²) in [5.74, 6) is 1.87. The fourth-order valence-electron chi connectivity index (χ4n) is 4.80. The third kappa shape index (κ3) is 3.79. The van der Waals surface area contributed by atoms with Crippen molar-refractivity contribution >= 4 is 16.7 Å². The molecule has 3 aromatic rings. The van der Waals surface area contributed by atoms with Gasteiger partial charge in [0.1, 0.15) is 5.82 Å². The Morgan fingerprint density at radius 2 is 1.93 bits per heavy atom. The van der Waals surface area contributed by atoms with Gasteiger partial charge in [-0.25, -0.2) is 4.98 Å². The van der Waals surface area contributed by atoms with E-state index >= 15 is 0 Å². The zero-order valence-electron chi connectivity index (χ0n) is 17.6. The van der Waals surface area contributed by atoms with Crippen molar-refractivity contribution in [2.24, 2.45) is 0 Å². The minimum atomic E-state index is -0.438. The zero-order valence-corrected chi connectivity index (χ0v) is 17.6. The third-order valence-corrected chi connectivity index (χ3v) is 6.39. The number of rotatable bonds is 4. The van der Waals surface area contributed by atoms with Crippen LogP contribution in [0.25, 0.3) is 22.4 Å². The first kappa shape index (κ1) is 19.5. The lowest BCUT2D eigenvalue weighted by Gasteiger charge is -2.38. The summed E-state index contributed by atoms with van der Waals surface area (Å²) >= 11 is 0. The summed E-state index contributed by atoms with van der Waals surface area (Å²) in [4.78, 5) is 11.6. The third-order valence-electron chi connectivity index (χ3n) is 6.39. The molecule has 2 N–H and O–H groups in total. The van der Waals surface area contributed by atoms with Gasteiger partial charge in [-0.1, -0.05) is 29.6 Å². The Morgan fingerprint density at radius 3 is 2.67 bits per heavy atom. The van der Waals surface area contributed by atoms with Crippen LogP contribution < -0.4 is 10.2 Å². The van der Waals surface area contributed by atoms with Crippen LogP contribution in [0.2, 0.25) is 0 Å². The normalized spacial score (nSPS) is 22.8. The van der Waals surface area contributed by atoms with Crippen molar-refractivity contribution in [2.45, 2.75) is 64.1 Å². The molecular weight excluding hydrogens is 378 g/mol. The lowest BCUT2D eigenvalue weighted by Crippen LogP contribution is -2.55. The van der Waals surface area contributed by atoms with Gasteiger partial charge >= 0.3 is 0 Å². The number of anilines is 1. The Bertz CT molecular complexity index is 1040. The molecular formula is C23H29N5O2. The highest BCUT2D eigenvalue weighted by molar-refractivity contribution is 5.88. The molecule has 2 atom stereocenters. The Morgan fingerprint density at radius 1 is 1.10 bits per heavy atom. The number of benzene rings is 1. The number of nitrogens with one attached hydrogen (secondary N) is 1. The molecule has 1 aromatic carbocycles. The van der Waals surface area contributed by atoms with E-state index < -0.39 is 6.10 Å². The van der Waals surface area contributed by atoms with Crippen LogP contribution >= 0.6 is 0 Å². The molecule has 1 saturated heterocycles. The highest BCUT2D eigenvalue weighted by atomic mass is 16.5. The minimum absolute atomic E-state index is 0.140. The number of aryl methyl sites for hydroxylation is 2. The predicted octanol–water partition coefficient (Wildman–Crippen LogP) is 3.37. The smallest absolute Gasteiger partial charge is 0.261 e. The second kappa shape index (κ2) is 7.96. The maximum absolute atomic E-state index is 10.9. The van der Waals surface area contributed by atoms with Crippen LogP contribution in [0, 0.1) is 13.8 Å². The van der Waals surface area contributed by atoms with E-state index in [0.29, 0.717) is 24.3 Å². The first-order chi connectivity index (χ1) is 14.6. The number of aromatic nitrogens is 3. The lowest BCUT2D eigenvalue weighted by atomic mass is 9.99. The molecule has 158 valence electrons. The van der Waals surface area contributed by atoms with Crippen molar-refractivity contribution in [3.8, 4) is 11.5 Å². The molecule has 3 heterocycles. The summed E-state index contributed by atoms with van der Waals surface area (Å²) in [7, 11) is 0. The van der Waals surface area contributed by atoms with Crippen molar-refractivity contribution in [3.63, 3.8) is 0 Å². The molecule has 1 unspecified atom stereocenters. The monoisotopic (exact) mass is 407 g/mol. The molecule has 2 aromatic heterocycles. The van der Waals surface area contributed by atoms with Gasteiger partial charge < -0.3 is 19.8 Å². The molecule has 0 bridgehead atoms. The summed E-state index contributed by atoms with van der Waals surface area (Å²) in [6.45, 7) is 5.25. The number of fused-ring (bicyclic) bond motifs is 1. The average molecular weight is 408 g/mol. The van der Waals surface area contributed by atoms with E-state index in [-0.39, 0.29) is 6.04 Å². The van der Waals surface area contributed by atoms with Crippen LogP contribution in [-0.2, 0) is 0 Å². The van der Waals surface area contributed by atoms with E-state index in [2.05, 4.69) is 45.5 Å². The second-order valence-electron chi connectivity index (χ2n) is 8.76. The number of aliphatic hydroxyl groups excluding tert-OH is 1. The van der Waals surface area contributed by atoms with E-state index in [0.717, 1.165) is 35.2 Å². The van der Waals surface area contributed by atoms with Crippen LogP contribution in [0.4, 0.5) is 5.82 Å². The standard InChI is InChI=1S/C23H29N5O2/c1-14-7-8-19-16(11-14)12-18(23-24-15(2)27-30-23)22(26-19)28-10-9-20(21(29)13-28)25-17-5-3-4-6-17/h7-8,11-12,17,20-21,25,29H,3-6,9-10,13H2,1-2H3/t20?,21-/m1/s1. The first-order valence-electron chi connectivity index (χ1n) is 11.0. The van der Waals surface area contributed by atoms with E-state index in [4.69, 9.17) is 9.51 Å². The van der Waals surface area contributed by atoms with Gasteiger partial charge in [0.2, 0.25) is 0 Å². The molecule has 0 amide bonds. The predicted molar refractivity (Wildman–Crippen MR) is 117 cm³/mol. The minimum Gasteiger partial charge on any atom is -0.390 e. The van der Waals surface area contributed by atoms with Crippen molar-refractivity contribution in [1.29, 1.82) is 0 Å². The zero-order chi connectivity index (χ0) is 20.7. The molecule has 1 aliphatic heterocycles. The molecule has 1 aliphatic carbocycles. The summed E-state index contributed by atoms with van der Waals surface area (Å²) in [5, 5.41) is 19.6. The molecule has 7 nitrogen and oxygen atoms in total. The Kier molecular flexibility index (Phi) is 5.16. The number of nitrogens with zero attached hydrogens (tertiary/aromatic N) is 4. The lowest BCUT2D eigenvalue weighted by molar-refractivity contribution is 0.107. The molecule has 5 rings (SSSR count). The molecule has 30 heavy (non-hydrogen) atoms. The van der Waals surface area contributed by atoms with Gasteiger partial charge in [-0.15, -0.1) is 0 Å². The van der Waals surface area contributed by atoms with E-state index in [1.54, 1.807) is 0 Å². The highest BCUT2D eigenvalue weighted by Gasteiger charge is 2.32. The van der Waals surface area contributed by atoms with E-state index in [1.807, 2.05) is 13.0 Å². The SMILES string of the molecule is Cc1ccc2nc(N3CCC(NC4CCCC4)[C@H](O)C3)c(-c3nc(C)no3)cc2c1. The van der Waals surface area contributed by atoms with Gasteiger partial charge in [0.25, 0.3) is 5.89 Å². The molecule has 2 aliphatic rings. The number of aliphatic hydroxyl groups is 1. The molecule has 0 spiro atoms. The maximum atomic E-state index is 10.9. The highest BCUT2D eigenvalue weighted by Crippen LogP contribution is 2.33. The average Bonchev–Trinajstić information content (AvgIpc) is 3.40. The number of hydrogen-bond donors (Lipinski definition) is 2. The van der Waals surface area contributed by atoms with E-state index in [1.165, 1.54) is 31.2 Å². The molecule has 0 radical (unpaired) electrons. The maximum Gasteiger partial charge on any atom is 0.261 e. The summed E-state index contributed by atoms with van der Waals surface area (Å²) in [6.07, 6.45) is 5.47. The van der Waals surface area contributed by atoms with Gasteiger partial charge in [-0.3, -0.25) is 0 Å². The van der Waals surface area contributed by atoms with Crippen LogP contribution in [0.3, 0.4) is 0 Å². The van der Waals surface area contributed by atoms with Crippen molar-refractivity contribution in [3.05, 3.63) is 35.7 Å². The van der Waals surface area contributed by atoms with Gasteiger partial charge in [0.15, 0.2) is 5.82 Å². The molecule has 2 fully saturated rings. The van der Waals surface area contributed by atoms with Gasteiger partial charge in [0, 0.05) is 30.6 Å². The van der Waals surface area contributed by atoms with Crippen molar-refractivity contribution in [1.82, 2.24) is 20.4 Å². The fourth-order valence-corrected chi connectivity index (χ4v) is 4.80. The van der Waals surface area contributed by atoms with Gasteiger partial charge in [-0.05, 0) is 51.3 Å². The summed E-state index contributed by atoms with van der Waals surface area (Å²) in [5.41, 5.74) is 2.93. The summed E-state index contributed by atoms with van der Waals surface area (Å²) in [6, 6.07) is 9.00. The number of piperidine rings is 1. The Hall–Kier alpha value is -2.51. The second-order valence-corrected chi connectivity index (χ2v) is 8.76. The van der Waals surface area contributed by atoms with Crippen LogP contribution in [0.1, 0.15) is 43.5 Å². The Labute approximate surface area is 176 Å². The molecule has 7 heteroatoms. The summed E-state index contributed by atoms with van der Waals surface area (Å²) < 4.78 is 5.49. The van der Waals surface area contributed by atoms with Crippen LogP contribution in [-0.4, -0.2) is 51.5 Å².